The number of likely N-dealkylation sites (tertiary alicyclic amines) is 1. The maximum absolute atomic E-state index is 12.6. The average Bonchev–Trinajstić information content (AvgIpc) is 3.41. The van der Waals surface area contributed by atoms with Crippen molar-refractivity contribution in [1.29, 1.82) is 0 Å². The molecule has 1 fully saturated rings. The van der Waals surface area contributed by atoms with Crippen LogP contribution >= 0.6 is 0 Å². The van der Waals surface area contributed by atoms with Gasteiger partial charge in [0.25, 0.3) is 0 Å². The van der Waals surface area contributed by atoms with Gasteiger partial charge in [0.1, 0.15) is 5.75 Å². The summed E-state index contributed by atoms with van der Waals surface area (Å²) in [6.07, 6.45) is 0.336. The second-order valence-corrected chi connectivity index (χ2v) is 7.01. The average molecular weight is 409 g/mol. The fourth-order valence-electron chi connectivity index (χ4n) is 3.62. The SMILES string of the molecule is COc1ccccc1CN1CC(c2nc(-c3ccc(OC)c(OC)c3)no2)CC1=O. The smallest absolute Gasteiger partial charge is 0.232 e. The number of aromatic nitrogens is 2. The molecule has 0 N–H and O–H groups in total. The van der Waals surface area contributed by atoms with Crippen molar-refractivity contribution in [3.05, 3.63) is 53.9 Å². The van der Waals surface area contributed by atoms with Gasteiger partial charge in [0.2, 0.25) is 17.6 Å². The number of methoxy groups -OCH3 is 3. The fourth-order valence-corrected chi connectivity index (χ4v) is 3.62. The van der Waals surface area contributed by atoms with Gasteiger partial charge in [-0.25, -0.2) is 0 Å². The van der Waals surface area contributed by atoms with Crippen molar-refractivity contribution in [2.45, 2.75) is 18.9 Å². The number of ether oxygens (including phenoxy) is 3. The van der Waals surface area contributed by atoms with E-state index < -0.39 is 0 Å². The van der Waals surface area contributed by atoms with E-state index in [-0.39, 0.29) is 11.8 Å². The lowest BCUT2D eigenvalue weighted by Gasteiger charge is -2.17. The van der Waals surface area contributed by atoms with Gasteiger partial charge in [-0.15, -0.1) is 0 Å². The second-order valence-electron chi connectivity index (χ2n) is 7.01. The number of rotatable bonds is 7. The van der Waals surface area contributed by atoms with Gasteiger partial charge in [0, 0.05) is 30.6 Å². The number of carbonyl (C=O) groups excluding carboxylic acids is 1. The Morgan fingerprint density at radius 2 is 1.80 bits per heavy atom. The van der Waals surface area contributed by atoms with Crippen molar-refractivity contribution in [3.63, 3.8) is 0 Å². The Balaban J connectivity index is 1.50. The summed E-state index contributed by atoms with van der Waals surface area (Å²) in [5.74, 6) is 2.78. The topological polar surface area (TPSA) is 86.9 Å². The van der Waals surface area contributed by atoms with Crippen LogP contribution in [0.25, 0.3) is 11.4 Å². The van der Waals surface area contributed by atoms with Crippen LogP contribution in [-0.2, 0) is 11.3 Å². The number of carbonyl (C=O) groups is 1. The highest BCUT2D eigenvalue weighted by molar-refractivity contribution is 5.79. The molecule has 1 aliphatic rings. The van der Waals surface area contributed by atoms with E-state index in [4.69, 9.17) is 18.7 Å². The van der Waals surface area contributed by atoms with E-state index in [1.165, 1.54) is 0 Å². The van der Waals surface area contributed by atoms with Gasteiger partial charge in [-0.3, -0.25) is 4.79 Å². The Labute approximate surface area is 174 Å². The van der Waals surface area contributed by atoms with Gasteiger partial charge in [-0.1, -0.05) is 23.4 Å². The monoisotopic (exact) mass is 409 g/mol. The molecular weight excluding hydrogens is 386 g/mol. The first-order valence-electron chi connectivity index (χ1n) is 9.58. The van der Waals surface area contributed by atoms with Crippen molar-refractivity contribution in [2.75, 3.05) is 27.9 Å². The first-order chi connectivity index (χ1) is 14.6. The lowest BCUT2D eigenvalue weighted by Crippen LogP contribution is -2.24. The van der Waals surface area contributed by atoms with Crippen molar-refractivity contribution in [1.82, 2.24) is 15.0 Å². The first-order valence-corrected chi connectivity index (χ1v) is 9.58. The molecule has 1 amide bonds. The zero-order valence-electron chi connectivity index (χ0n) is 17.1. The van der Waals surface area contributed by atoms with E-state index in [1.54, 1.807) is 38.4 Å². The molecule has 8 nitrogen and oxygen atoms in total. The molecule has 2 aromatic carbocycles. The minimum absolute atomic E-state index is 0.0526. The predicted molar refractivity (Wildman–Crippen MR) is 109 cm³/mol. The number of benzene rings is 2. The lowest BCUT2D eigenvalue weighted by molar-refractivity contribution is -0.128. The molecule has 0 spiro atoms. The van der Waals surface area contributed by atoms with E-state index in [0.29, 0.717) is 42.7 Å². The molecule has 3 aromatic rings. The summed E-state index contributed by atoms with van der Waals surface area (Å²) in [4.78, 5) is 18.9. The summed E-state index contributed by atoms with van der Waals surface area (Å²) < 4.78 is 21.5. The fraction of sp³-hybridized carbons (Fsp3) is 0.318. The molecular formula is C22H23N3O5. The molecule has 2 heterocycles. The Hall–Kier alpha value is -3.55. The quantitative estimate of drug-likeness (QED) is 0.592. The second kappa shape index (κ2) is 8.44. The number of hydrogen-bond acceptors (Lipinski definition) is 7. The summed E-state index contributed by atoms with van der Waals surface area (Å²) in [6.45, 7) is 1.00. The van der Waals surface area contributed by atoms with Crippen LogP contribution in [-0.4, -0.2) is 48.8 Å². The molecule has 0 aliphatic carbocycles. The Morgan fingerprint density at radius 3 is 2.57 bits per heavy atom. The van der Waals surface area contributed by atoms with Gasteiger partial charge in [-0.05, 0) is 24.3 Å². The maximum Gasteiger partial charge on any atom is 0.232 e. The van der Waals surface area contributed by atoms with E-state index in [2.05, 4.69) is 10.1 Å². The Kier molecular flexibility index (Phi) is 5.56. The third-order valence-electron chi connectivity index (χ3n) is 5.20. The maximum atomic E-state index is 12.6. The minimum Gasteiger partial charge on any atom is -0.496 e. The molecule has 1 saturated heterocycles. The van der Waals surface area contributed by atoms with Crippen LogP contribution in [0.2, 0.25) is 0 Å². The van der Waals surface area contributed by atoms with E-state index in [1.807, 2.05) is 30.3 Å². The van der Waals surface area contributed by atoms with E-state index >= 15 is 0 Å². The lowest BCUT2D eigenvalue weighted by atomic mass is 10.1. The summed E-state index contributed by atoms with van der Waals surface area (Å²) in [6, 6.07) is 13.1. The highest BCUT2D eigenvalue weighted by Gasteiger charge is 2.34. The van der Waals surface area contributed by atoms with Gasteiger partial charge in [-0.2, -0.15) is 4.98 Å². The predicted octanol–water partition coefficient (Wildman–Crippen LogP) is 3.28. The van der Waals surface area contributed by atoms with Crippen LogP contribution in [0, 0.1) is 0 Å². The first kappa shape index (κ1) is 19.8. The van der Waals surface area contributed by atoms with Crippen molar-refractivity contribution in [2.24, 2.45) is 0 Å². The zero-order valence-corrected chi connectivity index (χ0v) is 17.1. The molecule has 1 unspecified atom stereocenters. The molecule has 8 heteroatoms. The van der Waals surface area contributed by atoms with E-state index in [0.717, 1.165) is 16.9 Å². The number of para-hydroxylation sites is 1. The normalized spacial score (nSPS) is 16.0. The molecule has 0 radical (unpaired) electrons. The largest absolute Gasteiger partial charge is 0.496 e. The van der Waals surface area contributed by atoms with Crippen LogP contribution in [0.4, 0.5) is 0 Å². The third kappa shape index (κ3) is 3.80. The van der Waals surface area contributed by atoms with Gasteiger partial charge >= 0.3 is 0 Å². The number of amides is 1. The van der Waals surface area contributed by atoms with Crippen molar-refractivity contribution >= 4 is 5.91 Å². The molecule has 1 aliphatic heterocycles. The van der Waals surface area contributed by atoms with Crippen LogP contribution in [0.15, 0.2) is 47.0 Å². The highest BCUT2D eigenvalue weighted by Crippen LogP contribution is 2.34. The van der Waals surface area contributed by atoms with Crippen LogP contribution < -0.4 is 14.2 Å². The number of hydrogen-bond donors (Lipinski definition) is 0. The summed E-state index contributed by atoms with van der Waals surface area (Å²) in [5, 5.41) is 4.09. The van der Waals surface area contributed by atoms with Gasteiger partial charge < -0.3 is 23.6 Å². The summed E-state index contributed by atoms with van der Waals surface area (Å²) in [7, 11) is 4.78. The highest BCUT2D eigenvalue weighted by atomic mass is 16.5. The van der Waals surface area contributed by atoms with Crippen molar-refractivity contribution < 1.29 is 23.5 Å². The minimum atomic E-state index is -0.145. The molecule has 156 valence electrons. The van der Waals surface area contributed by atoms with E-state index in [9.17, 15) is 4.79 Å². The molecule has 30 heavy (non-hydrogen) atoms. The van der Waals surface area contributed by atoms with Crippen LogP contribution in [0.1, 0.15) is 23.8 Å². The van der Waals surface area contributed by atoms with Gasteiger partial charge in [0.15, 0.2) is 11.5 Å². The Morgan fingerprint density at radius 1 is 1.03 bits per heavy atom. The summed E-state index contributed by atoms with van der Waals surface area (Å²) in [5.41, 5.74) is 1.71. The standard InChI is InChI=1S/C22H23N3O5/c1-27-17-7-5-4-6-15(17)12-25-13-16(11-20(25)26)22-23-21(24-30-22)14-8-9-18(28-2)19(10-14)29-3/h4-10,16H,11-13H2,1-3H3. The molecule has 1 aromatic heterocycles. The molecule has 4 rings (SSSR count). The third-order valence-corrected chi connectivity index (χ3v) is 5.20. The van der Waals surface area contributed by atoms with Gasteiger partial charge in [0.05, 0.1) is 27.2 Å². The molecule has 0 bridgehead atoms. The van der Waals surface area contributed by atoms with Crippen LogP contribution in [0.3, 0.4) is 0 Å². The molecule has 1 atom stereocenters. The molecule has 0 saturated carbocycles. The Bertz CT molecular complexity index is 1050. The zero-order chi connectivity index (χ0) is 21.1. The number of nitrogens with zero attached hydrogens (tertiary/aromatic N) is 3. The van der Waals surface area contributed by atoms with Crippen molar-refractivity contribution in [3.8, 4) is 28.6 Å². The summed E-state index contributed by atoms with van der Waals surface area (Å²) >= 11 is 0. The van der Waals surface area contributed by atoms with Crippen LogP contribution in [0.5, 0.6) is 17.2 Å².